The number of carbonyl (C=O) groups is 1. The van der Waals surface area contributed by atoms with Gasteiger partial charge in [-0.1, -0.05) is 73.1 Å². The third-order valence-electron chi connectivity index (χ3n) is 8.98. The van der Waals surface area contributed by atoms with E-state index in [1.165, 1.54) is 22.3 Å². The van der Waals surface area contributed by atoms with Crippen LogP contribution in [0.4, 0.5) is 4.79 Å². The van der Waals surface area contributed by atoms with E-state index in [1.54, 1.807) is 0 Å². The van der Waals surface area contributed by atoms with Crippen molar-refractivity contribution in [3.8, 4) is 5.75 Å². The minimum Gasteiger partial charge on any atom is -0.492 e. The van der Waals surface area contributed by atoms with E-state index >= 15 is 0 Å². The first-order chi connectivity index (χ1) is 22.2. The zero-order valence-corrected chi connectivity index (χ0v) is 28.8. The lowest BCUT2D eigenvalue weighted by Gasteiger charge is -2.39. The number of amides is 1. The fourth-order valence-electron chi connectivity index (χ4n) is 6.49. The molecule has 0 spiro atoms. The highest BCUT2D eigenvalue weighted by Gasteiger charge is 2.28. The van der Waals surface area contributed by atoms with Gasteiger partial charge >= 0.3 is 6.09 Å². The molecule has 46 heavy (non-hydrogen) atoms. The van der Waals surface area contributed by atoms with Gasteiger partial charge in [-0.2, -0.15) is 0 Å². The molecule has 2 saturated heterocycles. The highest BCUT2D eigenvalue weighted by molar-refractivity contribution is 6.30. The van der Waals surface area contributed by atoms with E-state index < -0.39 is 5.60 Å². The Morgan fingerprint density at radius 2 is 1.37 bits per heavy atom. The Bertz CT molecular complexity index is 1420. The molecule has 1 amide bonds. The number of piperidine rings is 1. The number of ether oxygens (including phenoxy) is 2. The van der Waals surface area contributed by atoms with Crippen molar-refractivity contribution in [1.29, 1.82) is 0 Å². The van der Waals surface area contributed by atoms with Gasteiger partial charge in [0.2, 0.25) is 0 Å². The van der Waals surface area contributed by atoms with Crippen LogP contribution in [-0.4, -0.2) is 85.4 Å². The molecule has 2 aliphatic rings. The Balaban J connectivity index is 1.09. The molecule has 2 aliphatic heterocycles. The Morgan fingerprint density at radius 3 is 1.96 bits per heavy atom. The van der Waals surface area contributed by atoms with E-state index in [9.17, 15) is 4.79 Å². The molecule has 0 bridgehead atoms. The van der Waals surface area contributed by atoms with E-state index in [0.717, 1.165) is 88.0 Å². The maximum Gasteiger partial charge on any atom is 0.410 e. The normalized spacial score (nSPS) is 17.5. The number of rotatable bonds is 10. The quantitative estimate of drug-likeness (QED) is 0.208. The van der Waals surface area contributed by atoms with E-state index in [1.807, 2.05) is 37.8 Å². The first-order valence-corrected chi connectivity index (χ1v) is 17.3. The van der Waals surface area contributed by atoms with Crippen molar-refractivity contribution >= 4 is 28.8 Å². The predicted octanol–water partition coefficient (Wildman–Crippen LogP) is 8.35. The van der Waals surface area contributed by atoms with Crippen LogP contribution in [0.2, 0.25) is 5.02 Å². The molecule has 0 aromatic heterocycles. The molecule has 6 nitrogen and oxygen atoms in total. The maximum absolute atomic E-state index is 12.4. The van der Waals surface area contributed by atoms with Gasteiger partial charge in [0.1, 0.15) is 18.0 Å². The molecule has 246 valence electrons. The van der Waals surface area contributed by atoms with Gasteiger partial charge in [-0.3, -0.25) is 4.90 Å². The molecule has 2 fully saturated rings. The van der Waals surface area contributed by atoms with Crippen molar-refractivity contribution < 1.29 is 14.3 Å². The maximum atomic E-state index is 12.4. The molecule has 2 heterocycles. The van der Waals surface area contributed by atoms with Crippen LogP contribution in [0.3, 0.4) is 0 Å². The van der Waals surface area contributed by atoms with E-state index in [2.05, 4.69) is 83.5 Å². The molecule has 0 unspecified atom stereocenters. The summed E-state index contributed by atoms with van der Waals surface area (Å²) in [4.78, 5) is 19.4. The largest absolute Gasteiger partial charge is 0.492 e. The van der Waals surface area contributed by atoms with Gasteiger partial charge in [0.15, 0.2) is 0 Å². The highest BCUT2D eigenvalue weighted by atomic mass is 35.5. The molecule has 3 aromatic carbocycles. The lowest BCUT2D eigenvalue weighted by molar-refractivity contribution is 0.0158. The summed E-state index contributed by atoms with van der Waals surface area (Å²) in [6.07, 6.45) is 2.84. The Labute approximate surface area is 280 Å². The topological polar surface area (TPSA) is 45.2 Å². The van der Waals surface area contributed by atoms with E-state index in [4.69, 9.17) is 21.1 Å². The first-order valence-electron chi connectivity index (χ1n) is 16.9. The average molecular weight is 644 g/mol. The molecular weight excluding hydrogens is 594 g/mol. The number of hydrogen-bond acceptors (Lipinski definition) is 5. The van der Waals surface area contributed by atoms with Crippen LogP contribution in [0.15, 0.2) is 78.9 Å². The van der Waals surface area contributed by atoms with E-state index in [0.29, 0.717) is 12.5 Å². The molecular formula is C39H50ClN3O3. The summed E-state index contributed by atoms with van der Waals surface area (Å²) in [7, 11) is 0. The molecule has 0 aliphatic carbocycles. The van der Waals surface area contributed by atoms with Crippen molar-refractivity contribution in [3.63, 3.8) is 0 Å². The Kier molecular flexibility index (Phi) is 11.8. The van der Waals surface area contributed by atoms with Crippen LogP contribution < -0.4 is 4.74 Å². The summed E-state index contributed by atoms with van der Waals surface area (Å²) in [5.41, 5.74) is 5.65. The minimum atomic E-state index is -0.440. The van der Waals surface area contributed by atoms with Crippen molar-refractivity contribution in [2.45, 2.75) is 52.6 Å². The monoisotopic (exact) mass is 643 g/mol. The summed E-state index contributed by atoms with van der Waals surface area (Å²) >= 11 is 6.24. The third-order valence-corrected chi connectivity index (χ3v) is 9.23. The van der Waals surface area contributed by atoms with Gasteiger partial charge in [0.05, 0.1) is 0 Å². The standard InChI is InChI=1S/C39H50ClN3O3/c1-5-36(31-9-7-6-8-10-31)37(32-11-15-34(40)16-12-32)33-13-17-35(18-14-33)45-28-27-41-23-25-42(26-24-41)29-30-19-21-43(22-20-30)38(44)46-39(2,3)4/h6-18,30H,5,19-29H2,1-4H3/b37-36+. The predicted molar refractivity (Wildman–Crippen MR) is 189 cm³/mol. The summed E-state index contributed by atoms with van der Waals surface area (Å²) in [6.45, 7) is 16.6. The summed E-state index contributed by atoms with van der Waals surface area (Å²) in [5, 5.41) is 0.739. The summed E-state index contributed by atoms with van der Waals surface area (Å²) in [5.74, 6) is 1.54. The summed E-state index contributed by atoms with van der Waals surface area (Å²) < 4.78 is 11.8. The second-order valence-corrected chi connectivity index (χ2v) is 13.9. The molecule has 0 radical (unpaired) electrons. The van der Waals surface area contributed by atoms with Gasteiger partial charge in [-0.15, -0.1) is 0 Å². The number of piperazine rings is 1. The molecule has 5 rings (SSSR count). The van der Waals surface area contributed by atoms with Gasteiger partial charge in [-0.05, 0) is 98.1 Å². The second kappa shape index (κ2) is 16.0. The van der Waals surface area contributed by atoms with Crippen LogP contribution in [0.5, 0.6) is 5.75 Å². The van der Waals surface area contributed by atoms with Crippen molar-refractivity contribution in [3.05, 3.63) is 101 Å². The van der Waals surface area contributed by atoms with Crippen molar-refractivity contribution in [2.75, 3.05) is 59.0 Å². The van der Waals surface area contributed by atoms with Gasteiger partial charge in [0.25, 0.3) is 0 Å². The number of allylic oxidation sites excluding steroid dienone is 1. The van der Waals surface area contributed by atoms with Crippen LogP contribution >= 0.6 is 11.6 Å². The number of nitrogens with zero attached hydrogens (tertiary/aromatic N) is 3. The molecule has 7 heteroatoms. The lowest BCUT2D eigenvalue weighted by Crippen LogP contribution is -2.50. The fraction of sp³-hybridized carbons (Fsp3) is 0.462. The highest BCUT2D eigenvalue weighted by Crippen LogP contribution is 2.35. The lowest BCUT2D eigenvalue weighted by atomic mass is 9.88. The van der Waals surface area contributed by atoms with Crippen molar-refractivity contribution in [1.82, 2.24) is 14.7 Å². The first kappa shape index (κ1) is 34.0. The van der Waals surface area contributed by atoms with Gasteiger partial charge in [0, 0.05) is 57.4 Å². The molecule has 3 aromatic rings. The van der Waals surface area contributed by atoms with Crippen LogP contribution in [0.25, 0.3) is 11.1 Å². The number of carbonyl (C=O) groups excluding carboxylic acids is 1. The fourth-order valence-corrected chi connectivity index (χ4v) is 6.62. The zero-order chi connectivity index (χ0) is 32.5. The Hall–Kier alpha value is -3.32. The van der Waals surface area contributed by atoms with Crippen LogP contribution in [-0.2, 0) is 4.74 Å². The Morgan fingerprint density at radius 1 is 0.783 bits per heavy atom. The molecule has 0 N–H and O–H groups in total. The molecule has 0 atom stereocenters. The number of benzene rings is 3. The third kappa shape index (κ3) is 9.60. The number of halogens is 1. The second-order valence-electron chi connectivity index (χ2n) is 13.5. The van der Waals surface area contributed by atoms with E-state index in [-0.39, 0.29) is 6.09 Å². The zero-order valence-electron chi connectivity index (χ0n) is 28.0. The van der Waals surface area contributed by atoms with Gasteiger partial charge < -0.3 is 19.3 Å². The summed E-state index contributed by atoms with van der Waals surface area (Å²) in [6, 6.07) is 27.3. The SMILES string of the molecule is CC/C(=C(/c1ccc(Cl)cc1)c1ccc(OCCN2CCN(CC3CCN(C(=O)OC(C)(C)C)CC3)CC2)cc1)c1ccccc1. The average Bonchev–Trinajstić information content (AvgIpc) is 3.05. The minimum absolute atomic E-state index is 0.175. The smallest absolute Gasteiger partial charge is 0.410 e. The van der Waals surface area contributed by atoms with Crippen LogP contribution in [0, 0.1) is 5.92 Å². The van der Waals surface area contributed by atoms with Gasteiger partial charge in [-0.25, -0.2) is 4.79 Å². The molecule has 0 saturated carbocycles. The van der Waals surface area contributed by atoms with Crippen molar-refractivity contribution in [2.24, 2.45) is 5.92 Å². The number of likely N-dealkylation sites (tertiary alicyclic amines) is 1. The van der Waals surface area contributed by atoms with Crippen LogP contribution in [0.1, 0.15) is 63.6 Å². The number of hydrogen-bond donors (Lipinski definition) is 0.